The summed E-state index contributed by atoms with van der Waals surface area (Å²) >= 11 is 13.1. The number of benzene rings is 2. The standard InChI is InChI=1S/C26H22Cl2F3N5OS/c1-35-24(26(29,30)31)32-33-25(35)38-14-21(37)36-23(16-7-11-19(28)12-8-16)20-4-2-3-17(22(20)34-36)13-15-5-9-18(27)10-6-15/h5-13,20,23H,2-4,14H2,1H3/b17-13-/t20-,23+/m0/s1. The largest absolute Gasteiger partial charge is 0.451 e. The second-order valence-corrected chi connectivity index (χ2v) is 10.9. The SMILES string of the molecule is Cn1c(SCC(=O)N2N=C3/C(=C\c4ccc(Cl)cc4)CCC[C@@H]3[C@H]2c2ccc(Cl)cc2)nnc1C(F)(F)F. The fourth-order valence-corrected chi connectivity index (χ4v) is 5.86. The number of rotatable bonds is 5. The van der Waals surface area contributed by atoms with Gasteiger partial charge in [-0.3, -0.25) is 4.79 Å². The van der Waals surface area contributed by atoms with Crippen LogP contribution in [0.25, 0.3) is 6.08 Å². The van der Waals surface area contributed by atoms with Gasteiger partial charge in [0.25, 0.3) is 5.91 Å². The zero-order valence-electron chi connectivity index (χ0n) is 20.1. The molecule has 2 aromatic carbocycles. The molecule has 2 atom stereocenters. The number of hydrogen-bond acceptors (Lipinski definition) is 5. The maximum Gasteiger partial charge on any atom is 0.451 e. The second-order valence-electron chi connectivity index (χ2n) is 9.09. The molecule has 1 aromatic heterocycles. The van der Waals surface area contributed by atoms with E-state index >= 15 is 0 Å². The Labute approximate surface area is 231 Å². The van der Waals surface area contributed by atoms with Crippen LogP contribution in [-0.2, 0) is 18.0 Å². The van der Waals surface area contributed by atoms with Crippen molar-refractivity contribution in [1.29, 1.82) is 0 Å². The molecule has 0 spiro atoms. The third-order valence-corrected chi connectivity index (χ3v) is 8.10. The number of allylic oxidation sites excluding steroid dienone is 1. The van der Waals surface area contributed by atoms with E-state index < -0.39 is 12.0 Å². The predicted octanol–water partition coefficient (Wildman–Crippen LogP) is 7.06. The molecule has 198 valence electrons. The van der Waals surface area contributed by atoms with Crippen molar-refractivity contribution in [3.63, 3.8) is 0 Å². The van der Waals surface area contributed by atoms with Gasteiger partial charge in [-0.25, -0.2) is 5.01 Å². The van der Waals surface area contributed by atoms with E-state index in [0.29, 0.717) is 10.0 Å². The molecule has 1 aliphatic heterocycles. The van der Waals surface area contributed by atoms with Crippen LogP contribution < -0.4 is 0 Å². The molecule has 1 saturated carbocycles. The Morgan fingerprint density at radius 2 is 1.74 bits per heavy atom. The zero-order chi connectivity index (χ0) is 27.0. The number of fused-ring (bicyclic) bond motifs is 1. The molecule has 38 heavy (non-hydrogen) atoms. The average Bonchev–Trinajstić information content (AvgIpc) is 3.46. The number of nitrogens with zero attached hydrogens (tertiary/aromatic N) is 5. The van der Waals surface area contributed by atoms with Gasteiger partial charge in [0.05, 0.1) is 17.5 Å². The van der Waals surface area contributed by atoms with E-state index in [4.69, 9.17) is 28.3 Å². The summed E-state index contributed by atoms with van der Waals surface area (Å²) in [6.45, 7) is 0. The smallest absolute Gasteiger partial charge is 0.302 e. The zero-order valence-corrected chi connectivity index (χ0v) is 22.5. The summed E-state index contributed by atoms with van der Waals surface area (Å²) in [6.07, 6.45) is 0.0402. The number of aromatic nitrogens is 3. The maximum absolute atomic E-state index is 13.5. The van der Waals surface area contributed by atoms with Gasteiger partial charge < -0.3 is 4.57 Å². The molecule has 2 aliphatic rings. The van der Waals surface area contributed by atoms with Crippen LogP contribution in [0.4, 0.5) is 13.2 Å². The van der Waals surface area contributed by atoms with Crippen molar-refractivity contribution in [2.75, 3.05) is 5.75 Å². The molecule has 1 aliphatic carbocycles. The summed E-state index contributed by atoms with van der Waals surface area (Å²) in [6, 6.07) is 14.5. The molecule has 5 rings (SSSR count). The highest BCUT2D eigenvalue weighted by molar-refractivity contribution is 7.99. The average molecular weight is 580 g/mol. The highest BCUT2D eigenvalue weighted by atomic mass is 35.5. The normalized spacial score (nSPS) is 20.5. The molecular formula is C26H22Cl2F3N5OS. The van der Waals surface area contributed by atoms with Gasteiger partial charge in [0, 0.05) is 23.0 Å². The topological polar surface area (TPSA) is 63.4 Å². The highest BCUT2D eigenvalue weighted by Gasteiger charge is 2.44. The molecule has 0 radical (unpaired) electrons. The molecule has 0 N–H and O–H groups in total. The summed E-state index contributed by atoms with van der Waals surface area (Å²) in [7, 11) is 1.23. The third kappa shape index (κ3) is 5.48. The van der Waals surface area contributed by atoms with Gasteiger partial charge >= 0.3 is 6.18 Å². The van der Waals surface area contributed by atoms with Crippen LogP contribution in [-0.4, -0.2) is 37.1 Å². The lowest BCUT2D eigenvalue weighted by molar-refractivity contribution is -0.147. The third-order valence-electron chi connectivity index (χ3n) is 6.59. The molecular weight excluding hydrogens is 558 g/mol. The van der Waals surface area contributed by atoms with Crippen LogP contribution in [0.1, 0.15) is 42.3 Å². The van der Waals surface area contributed by atoms with Crippen LogP contribution >= 0.6 is 35.0 Å². The van der Waals surface area contributed by atoms with E-state index in [1.54, 1.807) is 12.1 Å². The van der Waals surface area contributed by atoms with Gasteiger partial charge in [0.2, 0.25) is 5.82 Å². The first kappa shape index (κ1) is 26.8. The van der Waals surface area contributed by atoms with E-state index in [9.17, 15) is 18.0 Å². The highest BCUT2D eigenvalue weighted by Crippen LogP contribution is 2.45. The van der Waals surface area contributed by atoms with Gasteiger partial charge in [-0.15, -0.1) is 10.2 Å². The van der Waals surface area contributed by atoms with Crippen molar-refractivity contribution in [2.24, 2.45) is 18.1 Å². The molecule has 2 heterocycles. The summed E-state index contributed by atoms with van der Waals surface area (Å²) in [5.74, 6) is -1.62. The van der Waals surface area contributed by atoms with E-state index in [-0.39, 0.29) is 28.8 Å². The first-order chi connectivity index (χ1) is 18.1. The van der Waals surface area contributed by atoms with Gasteiger partial charge in [0.15, 0.2) is 5.16 Å². The summed E-state index contributed by atoms with van der Waals surface area (Å²) in [5.41, 5.74) is 3.78. The summed E-state index contributed by atoms with van der Waals surface area (Å²) in [5, 5.41) is 14.4. The number of carbonyl (C=O) groups excluding carboxylic acids is 1. The van der Waals surface area contributed by atoms with Crippen molar-refractivity contribution in [1.82, 2.24) is 19.8 Å². The van der Waals surface area contributed by atoms with Gasteiger partial charge in [0.1, 0.15) is 0 Å². The fraction of sp³-hybridized carbons (Fsp3) is 0.308. The first-order valence-corrected chi connectivity index (χ1v) is 13.6. The Morgan fingerprint density at radius 3 is 2.37 bits per heavy atom. The van der Waals surface area contributed by atoms with Crippen LogP contribution in [0.2, 0.25) is 10.0 Å². The Hall–Kier alpha value is -2.82. The lowest BCUT2D eigenvalue weighted by Gasteiger charge is -2.29. The van der Waals surface area contributed by atoms with Crippen molar-refractivity contribution in [3.05, 3.63) is 81.1 Å². The number of amides is 1. The second kappa shape index (κ2) is 10.7. The number of thioether (sulfide) groups is 1. The fourth-order valence-electron chi connectivity index (χ4n) is 4.84. The molecule has 0 bridgehead atoms. The molecule has 6 nitrogen and oxygen atoms in total. The van der Waals surface area contributed by atoms with E-state index in [2.05, 4.69) is 16.3 Å². The van der Waals surface area contributed by atoms with E-state index in [0.717, 1.165) is 58.0 Å². The molecule has 3 aromatic rings. The van der Waals surface area contributed by atoms with Gasteiger partial charge in [-0.1, -0.05) is 59.2 Å². The predicted molar refractivity (Wildman–Crippen MR) is 142 cm³/mol. The monoisotopic (exact) mass is 579 g/mol. The minimum absolute atomic E-state index is 0.00121. The van der Waals surface area contributed by atoms with Crippen molar-refractivity contribution >= 4 is 52.7 Å². The van der Waals surface area contributed by atoms with E-state index in [1.807, 2.05) is 36.4 Å². The van der Waals surface area contributed by atoms with Crippen molar-refractivity contribution in [2.45, 2.75) is 36.6 Å². The van der Waals surface area contributed by atoms with Crippen LogP contribution in [0.5, 0.6) is 0 Å². The van der Waals surface area contributed by atoms with Crippen LogP contribution in [0.3, 0.4) is 0 Å². The van der Waals surface area contributed by atoms with Crippen molar-refractivity contribution in [3.8, 4) is 0 Å². The lowest BCUT2D eigenvalue weighted by atomic mass is 9.77. The quantitative estimate of drug-likeness (QED) is 0.304. The van der Waals surface area contributed by atoms with Crippen molar-refractivity contribution < 1.29 is 18.0 Å². The number of alkyl halides is 3. The minimum atomic E-state index is -4.63. The minimum Gasteiger partial charge on any atom is -0.302 e. The number of halogens is 5. The van der Waals surface area contributed by atoms with Gasteiger partial charge in [-0.05, 0) is 66.3 Å². The Morgan fingerprint density at radius 1 is 1.08 bits per heavy atom. The summed E-state index contributed by atoms with van der Waals surface area (Å²) in [4.78, 5) is 13.5. The van der Waals surface area contributed by atoms with Crippen LogP contribution in [0.15, 0.2) is 64.4 Å². The maximum atomic E-state index is 13.5. The Balaban J connectivity index is 1.45. The Kier molecular flexibility index (Phi) is 7.57. The van der Waals surface area contributed by atoms with Gasteiger partial charge in [-0.2, -0.15) is 18.3 Å². The number of hydrazone groups is 1. The Bertz CT molecular complexity index is 1400. The van der Waals surface area contributed by atoms with Crippen LogP contribution in [0, 0.1) is 5.92 Å². The number of carbonyl (C=O) groups is 1. The number of hydrogen-bond donors (Lipinski definition) is 0. The van der Waals surface area contributed by atoms with E-state index in [1.165, 1.54) is 12.1 Å². The summed E-state index contributed by atoms with van der Waals surface area (Å²) < 4.78 is 40.2. The molecule has 0 saturated heterocycles. The molecule has 12 heteroatoms. The molecule has 1 amide bonds. The molecule has 1 fully saturated rings. The first-order valence-electron chi connectivity index (χ1n) is 11.8. The lowest BCUT2D eigenvalue weighted by Crippen LogP contribution is -2.32. The molecule has 0 unspecified atom stereocenters.